The molecule has 1 aromatic carbocycles. The van der Waals surface area contributed by atoms with E-state index in [1.54, 1.807) is 6.20 Å². The van der Waals surface area contributed by atoms with Crippen LogP contribution in [0.4, 0.5) is 11.5 Å². The minimum Gasteiger partial charge on any atom is -0.397 e. The average Bonchev–Trinajstić information content (AvgIpc) is 2.42. The second kappa shape index (κ2) is 6.23. The Balaban J connectivity index is 1.87. The van der Waals surface area contributed by atoms with Crippen LogP contribution < -0.4 is 11.1 Å². The van der Waals surface area contributed by atoms with E-state index in [1.165, 1.54) is 5.56 Å². The summed E-state index contributed by atoms with van der Waals surface area (Å²) in [7, 11) is 0. The number of nitrogens with two attached hydrogens (primary N) is 1. The Bertz CT molecular complexity index is 523. The van der Waals surface area contributed by atoms with Gasteiger partial charge in [0.15, 0.2) is 0 Å². The lowest BCUT2D eigenvalue weighted by Crippen LogP contribution is -2.17. The Morgan fingerprint density at radius 3 is 2.68 bits per heavy atom. The number of pyridine rings is 1. The van der Waals surface area contributed by atoms with E-state index in [0.29, 0.717) is 6.04 Å². The zero-order chi connectivity index (χ0) is 13.7. The highest BCUT2D eigenvalue weighted by Gasteiger charge is 2.04. The van der Waals surface area contributed by atoms with Crippen molar-refractivity contribution in [3.05, 3.63) is 53.7 Å². The van der Waals surface area contributed by atoms with Crippen LogP contribution in [0.15, 0.2) is 42.6 Å². The molecule has 2 rings (SSSR count). The molecule has 100 valence electrons. The molecule has 0 aliphatic rings. The molecule has 0 amide bonds. The fourth-order valence-corrected chi connectivity index (χ4v) is 2.00. The van der Waals surface area contributed by atoms with Gasteiger partial charge < -0.3 is 11.1 Å². The number of aromatic nitrogens is 1. The van der Waals surface area contributed by atoms with E-state index in [1.807, 2.05) is 19.1 Å². The van der Waals surface area contributed by atoms with Gasteiger partial charge in [0.2, 0.25) is 0 Å². The van der Waals surface area contributed by atoms with E-state index in [-0.39, 0.29) is 0 Å². The molecule has 0 saturated carbocycles. The van der Waals surface area contributed by atoms with Crippen LogP contribution in [0.5, 0.6) is 0 Å². The van der Waals surface area contributed by atoms with E-state index in [0.717, 1.165) is 29.9 Å². The molecule has 2 aromatic rings. The van der Waals surface area contributed by atoms with E-state index in [2.05, 4.69) is 41.5 Å². The first-order valence-corrected chi connectivity index (χ1v) is 6.68. The Morgan fingerprint density at radius 1 is 1.26 bits per heavy atom. The predicted octanol–water partition coefficient (Wildman–Crippen LogP) is 3.41. The van der Waals surface area contributed by atoms with Crippen LogP contribution in [0.3, 0.4) is 0 Å². The fraction of sp³-hybridized carbons (Fsp3) is 0.312. The highest BCUT2D eigenvalue weighted by Crippen LogP contribution is 2.15. The minimum atomic E-state index is 0.385. The van der Waals surface area contributed by atoms with Gasteiger partial charge in [-0.2, -0.15) is 0 Å². The first kappa shape index (κ1) is 13.4. The van der Waals surface area contributed by atoms with Crippen molar-refractivity contribution in [3.8, 4) is 0 Å². The highest BCUT2D eigenvalue weighted by molar-refractivity contribution is 5.51. The Morgan fingerprint density at radius 2 is 2.00 bits per heavy atom. The second-order valence-electron chi connectivity index (χ2n) is 5.00. The summed E-state index contributed by atoms with van der Waals surface area (Å²) in [6.07, 6.45) is 3.86. The number of nitrogen functional groups attached to an aromatic ring is 1. The van der Waals surface area contributed by atoms with E-state index in [4.69, 9.17) is 5.73 Å². The highest BCUT2D eigenvalue weighted by atomic mass is 15.0. The third-order valence-corrected chi connectivity index (χ3v) is 3.25. The van der Waals surface area contributed by atoms with E-state index < -0.39 is 0 Å². The van der Waals surface area contributed by atoms with Crippen molar-refractivity contribution < 1.29 is 0 Å². The molecular weight excluding hydrogens is 234 g/mol. The van der Waals surface area contributed by atoms with Crippen molar-refractivity contribution in [2.24, 2.45) is 0 Å². The van der Waals surface area contributed by atoms with Crippen LogP contribution in [0, 0.1) is 6.92 Å². The predicted molar refractivity (Wildman–Crippen MR) is 81.2 cm³/mol. The minimum absolute atomic E-state index is 0.385. The van der Waals surface area contributed by atoms with Gasteiger partial charge in [0.05, 0.1) is 11.9 Å². The number of benzene rings is 1. The van der Waals surface area contributed by atoms with Crippen molar-refractivity contribution in [1.29, 1.82) is 0 Å². The van der Waals surface area contributed by atoms with Crippen LogP contribution in [-0.2, 0) is 6.42 Å². The summed E-state index contributed by atoms with van der Waals surface area (Å²) < 4.78 is 0. The Labute approximate surface area is 114 Å². The maximum atomic E-state index is 5.76. The average molecular weight is 255 g/mol. The Kier molecular flexibility index (Phi) is 4.39. The van der Waals surface area contributed by atoms with Gasteiger partial charge in [-0.25, -0.2) is 4.98 Å². The van der Waals surface area contributed by atoms with Gasteiger partial charge in [-0.15, -0.1) is 0 Å². The molecule has 3 heteroatoms. The normalized spacial score (nSPS) is 12.1. The molecule has 0 aliphatic carbocycles. The van der Waals surface area contributed by atoms with Gasteiger partial charge in [0.1, 0.15) is 5.82 Å². The summed E-state index contributed by atoms with van der Waals surface area (Å²) in [4.78, 5) is 4.30. The molecule has 0 spiro atoms. The number of nitrogens with one attached hydrogen (secondary N) is 1. The quantitative estimate of drug-likeness (QED) is 0.861. The molecule has 1 unspecified atom stereocenters. The lowest BCUT2D eigenvalue weighted by molar-refractivity contribution is 0.703. The van der Waals surface area contributed by atoms with Crippen LogP contribution in [0.25, 0.3) is 0 Å². The third-order valence-electron chi connectivity index (χ3n) is 3.25. The summed E-state index contributed by atoms with van der Waals surface area (Å²) >= 11 is 0. The monoisotopic (exact) mass is 255 g/mol. The second-order valence-corrected chi connectivity index (χ2v) is 5.00. The summed E-state index contributed by atoms with van der Waals surface area (Å²) in [5.74, 6) is 0.896. The molecular formula is C16H21N3. The number of anilines is 2. The molecule has 1 atom stereocenters. The molecule has 1 heterocycles. The molecule has 19 heavy (non-hydrogen) atoms. The molecule has 3 N–H and O–H groups in total. The van der Waals surface area contributed by atoms with E-state index in [9.17, 15) is 0 Å². The van der Waals surface area contributed by atoms with Gasteiger partial charge in [0, 0.05) is 6.04 Å². The molecule has 1 aromatic heterocycles. The van der Waals surface area contributed by atoms with Crippen LogP contribution in [-0.4, -0.2) is 11.0 Å². The molecule has 0 aliphatic heterocycles. The standard InChI is InChI=1S/C16H21N3/c1-12-10-16(18-11-15(12)17)19-13(2)8-9-14-6-4-3-5-7-14/h3-7,10-11,13H,8-9,17H2,1-2H3,(H,18,19). The van der Waals surface area contributed by atoms with Gasteiger partial charge in [-0.3, -0.25) is 0 Å². The van der Waals surface area contributed by atoms with Crippen LogP contribution >= 0.6 is 0 Å². The summed E-state index contributed by atoms with van der Waals surface area (Å²) in [6.45, 7) is 4.17. The molecule has 3 nitrogen and oxygen atoms in total. The summed E-state index contributed by atoms with van der Waals surface area (Å²) in [6, 6.07) is 12.9. The van der Waals surface area contributed by atoms with Crippen molar-refractivity contribution in [2.75, 3.05) is 11.1 Å². The fourth-order valence-electron chi connectivity index (χ4n) is 2.00. The smallest absolute Gasteiger partial charge is 0.126 e. The maximum Gasteiger partial charge on any atom is 0.126 e. The van der Waals surface area contributed by atoms with Gasteiger partial charge >= 0.3 is 0 Å². The van der Waals surface area contributed by atoms with Gasteiger partial charge in [-0.1, -0.05) is 30.3 Å². The molecule has 0 saturated heterocycles. The Hall–Kier alpha value is -2.03. The topological polar surface area (TPSA) is 50.9 Å². The van der Waals surface area contributed by atoms with Crippen molar-refractivity contribution >= 4 is 11.5 Å². The van der Waals surface area contributed by atoms with Crippen molar-refractivity contribution in [2.45, 2.75) is 32.7 Å². The van der Waals surface area contributed by atoms with Crippen LogP contribution in [0.1, 0.15) is 24.5 Å². The molecule has 0 radical (unpaired) electrons. The molecule has 0 fully saturated rings. The van der Waals surface area contributed by atoms with Gasteiger partial charge in [0.25, 0.3) is 0 Å². The maximum absolute atomic E-state index is 5.76. The SMILES string of the molecule is Cc1cc(NC(C)CCc2ccccc2)ncc1N. The zero-order valence-corrected chi connectivity index (χ0v) is 11.6. The number of hydrogen-bond acceptors (Lipinski definition) is 3. The third kappa shape index (κ3) is 3.98. The lowest BCUT2D eigenvalue weighted by Gasteiger charge is -2.15. The first-order chi connectivity index (χ1) is 9.15. The molecule has 0 bridgehead atoms. The van der Waals surface area contributed by atoms with Gasteiger partial charge in [-0.05, 0) is 43.9 Å². The summed E-state index contributed by atoms with van der Waals surface area (Å²) in [5, 5.41) is 3.41. The lowest BCUT2D eigenvalue weighted by atomic mass is 10.1. The zero-order valence-electron chi connectivity index (χ0n) is 11.6. The number of hydrogen-bond donors (Lipinski definition) is 2. The van der Waals surface area contributed by atoms with Crippen LogP contribution in [0.2, 0.25) is 0 Å². The number of aryl methyl sites for hydroxylation is 2. The van der Waals surface area contributed by atoms with Crippen molar-refractivity contribution in [1.82, 2.24) is 4.98 Å². The van der Waals surface area contributed by atoms with Crippen molar-refractivity contribution in [3.63, 3.8) is 0 Å². The van der Waals surface area contributed by atoms with E-state index >= 15 is 0 Å². The number of rotatable bonds is 5. The number of nitrogens with zero attached hydrogens (tertiary/aromatic N) is 1. The summed E-state index contributed by atoms with van der Waals surface area (Å²) in [5.41, 5.74) is 8.94. The first-order valence-electron chi connectivity index (χ1n) is 6.68. The largest absolute Gasteiger partial charge is 0.397 e.